The number of imide groups is 1. The molecular formula is C15H12N4O3. The largest absolute Gasteiger partial charge is 0.350 e. The van der Waals surface area contributed by atoms with Crippen LogP contribution in [0.2, 0.25) is 0 Å². The Morgan fingerprint density at radius 3 is 2.68 bits per heavy atom. The van der Waals surface area contributed by atoms with Crippen molar-refractivity contribution >= 4 is 17.7 Å². The van der Waals surface area contributed by atoms with Crippen molar-refractivity contribution in [2.75, 3.05) is 6.54 Å². The number of fused-ring (bicyclic) bond motifs is 1. The lowest BCUT2D eigenvalue weighted by Gasteiger charge is -2.13. The molecule has 1 aliphatic heterocycles. The van der Waals surface area contributed by atoms with Gasteiger partial charge in [-0.05, 0) is 23.8 Å². The number of nitrogens with one attached hydrogen (secondary N) is 1. The van der Waals surface area contributed by atoms with Crippen LogP contribution in [0.5, 0.6) is 0 Å². The molecule has 110 valence electrons. The maximum atomic E-state index is 12.1. The summed E-state index contributed by atoms with van der Waals surface area (Å²) in [6, 6.07) is 6.68. The lowest BCUT2D eigenvalue weighted by molar-refractivity contribution is -0.121. The topological polar surface area (TPSA) is 92.3 Å². The zero-order chi connectivity index (χ0) is 15.5. The molecule has 3 amide bonds. The first kappa shape index (κ1) is 13.9. The Bertz CT molecular complexity index is 710. The molecule has 0 fully saturated rings. The van der Waals surface area contributed by atoms with Crippen molar-refractivity contribution in [3.05, 3.63) is 59.7 Å². The van der Waals surface area contributed by atoms with Crippen LogP contribution < -0.4 is 5.32 Å². The molecule has 7 heteroatoms. The van der Waals surface area contributed by atoms with Crippen molar-refractivity contribution in [1.82, 2.24) is 20.2 Å². The van der Waals surface area contributed by atoms with Crippen LogP contribution in [0.3, 0.4) is 0 Å². The molecule has 0 aliphatic carbocycles. The Morgan fingerprint density at radius 1 is 1.14 bits per heavy atom. The summed E-state index contributed by atoms with van der Waals surface area (Å²) in [5.41, 5.74) is 1.15. The number of hydrogen-bond acceptors (Lipinski definition) is 5. The van der Waals surface area contributed by atoms with E-state index in [0.29, 0.717) is 0 Å². The third-order valence-electron chi connectivity index (χ3n) is 3.25. The fraction of sp³-hybridized carbons (Fsp3) is 0.133. The first-order valence-electron chi connectivity index (χ1n) is 6.63. The molecule has 2 aromatic rings. The van der Waals surface area contributed by atoms with Gasteiger partial charge < -0.3 is 5.32 Å². The molecule has 1 N–H and O–H groups in total. The van der Waals surface area contributed by atoms with E-state index in [-0.39, 0.29) is 24.3 Å². The van der Waals surface area contributed by atoms with Crippen molar-refractivity contribution in [3.63, 3.8) is 0 Å². The highest BCUT2D eigenvalue weighted by atomic mass is 16.2. The summed E-state index contributed by atoms with van der Waals surface area (Å²) in [6.45, 7) is -0.0393. The Morgan fingerprint density at radius 2 is 1.95 bits per heavy atom. The summed E-state index contributed by atoms with van der Waals surface area (Å²) >= 11 is 0. The molecule has 22 heavy (non-hydrogen) atoms. The minimum absolute atomic E-state index is 0.0903. The molecule has 0 saturated carbocycles. The zero-order valence-electron chi connectivity index (χ0n) is 11.5. The Kier molecular flexibility index (Phi) is 3.61. The Balaban J connectivity index is 1.63. The van der Waals surface area contributed by atoms with Crippen molar-refractivity contribution < 1.29 is 14.4 Å². The predicted octanol–water partition coefficient (Wildman–Crippen LogP) is 0.389. The van der Waals surface area contributed by atoms with E-state index in [9.17, 15) is 14.4 Å². The van der Waals surface area contributed by atoms with Crippen LogP contribution in [-0.2, 0) is 11.3 Å². The average Bonchev–Trinajstić information content (AvgIpc) is 2.79. The zero-order valence-corrected chi connectivity index (χ0v) is 11.5. The van der Waals surface area contributed by atoms with Gasteiger partial charge in [-0.2, -0.15) is 0 Å². The van der Waals surface area contributed by atoms with E-state index in [1.165, 1.54) is 12.3 Å². The molecule has 2 aromatic heterocycles. The Labute approximate surface area is 126 Å². The SMILES string of the molecule is O=C(CN1C(=O)c2cccnc2C1=O)NCc1cccnc1. The molecule has 0 unspecified atom stereocenters. The van der Waals surface area contributed by atoms with E-state index >= 15 is 0 Å². The molecule has 3 heterocycles. The molecule has 0 aromatic carbocycles. The van der Waals surface area contributed by atoms with Gasteiger partial charge in [-0.3, -0.25) is 29.3 Å². The molecule has 3 rings (SSSR count). The highest BCUT2D eigenvalue weighted by molar-refractivity contribution is 6.21. The molecule has 7 nitrogen and oxygen atoms in total. The average molecular weight is 296 g/mol. The van der Waals surface area contributed by atoms with Gasteiger partial charge in [-0.25, -0.2) is 0 Å². The number of aromatic nitrogens is 2. The van der Waals surface area contributed by atoms with Crippen molar-refractivity contribution in [1.29, 1.82) is 0 Å². The maximum absolute atomic E-state index is 12.1. The first-order valence-corrected chi connectivity index (χ1v) is 6.63. The quantitative estimate of drug-likeness (QED) is 0.824. The lowest BCUT2D eigenvalue weighted by Crippen LogP contribution is -2.40. The maximum Gasteiger partial charge on any atom is 0.280 e. The third-order valence-corrected chi connectivity index (χ3v) is 3.25. The van der Waals surface area contributed by atoms with Gasteiger partial charge in [0.05, 0.1) is 5.56 Å². The molecule has 0 atom stereocenters. The van der Waals surface area contributed by atoms with Crippen LogP contribution in [0.15, 0.2) is 42.9 Å². The van der Waals surface area contributed by atoms with Crippen LogP contribution in [0.1, 0.15) is 26.4 Å². The lowest BCUT2D eigenvalue weighted by atomic mass is 10.2. The monoisotopic (exact) mass is 296 g/mol. The van der Waals surface area contributed by atoms with Crippen molar-refractivity contribution in [3.8, 4) is 0 Å². The molecule has 0 bridgehead atoms. The third kappa shape index (κ3) is 2.56. The summed E-state index contributed by atoms with van der Waals surface area (Å²) in [4.78, 5) is 44.8. The number of rotatable bonds is 4. The number of carbonyl (C=O) groups is 3. The van der Waals surface area contributed by atoms with E-state index in [1.54, 1.807) is 24.5 Å². The fourth-order valence-electron chi connectivity index (χ4n) is 2.16. The van der Waals surface area contributed by atoms with Gasteiger partial charge in [0.15, 0.2) is 0 Å². The molecule has 0 radical (unpaired) electrons. The van der Waals surface area contributed by atoms with E-state index in [4.69, 9.17) is 0 Å². The standard InChI is InChI=1S/C15H12N4O3/c20-12(18-8-10-3-1-5-16-7-10)9-19-14(21)11-4-2-6-17-13(11)15(19)22/h1-7H,8-9H2,(H,18,20). The highest BCUT2D eigenvalue weighted by Crippen LogP contribution is 2.19. The summed E-state index contributed by atoms with van der Waals surface area (Å²) in [5, 5.41) is 2.65. The predicted molar refractivity (Wildman–Crippen MR) is 75.7 cm³/mol. The van der Waals surface area contributed by atoms with Gasteiger partial charge in [-0.1, -0.05) is 6.07 Å². The summed E-state index contributed by atoms with van der Waals surface area (Å²) in [7, 11) is 0. The number of pyridine rings is 2. The second-order valence-electron chi connectivity index (χ2n) is 4.73. The van der Waals surface area contributed by atoms with E-state index < -0.39 is 17.7 Å². The minimum atomic E-state index is -0.544. The summed E-state index contributed by atoms with van der Waals surface area (Å²) < 4.78 is 0. The number of amides is 3. The number of hydrogen-bond donors (Lipinski definition) is 1. The molecule has 0 spiro atoms. The van der Waals surface area contributed by atoms with E-state index in [0.717, 1.165) is 10.5 Å². The van der Waals surface area contributed by atoms with Crippen LogP contribution in [0.25, 0.3) is 0 Å². The second-order valence-corrected chi connectivity index (χ2v) is 4.73. The van der Waals surface area contributed by atoms with Gasteiger partial charge in [0.1, 0.15) is 12.2 Å². The van der Waals surface area contributed by atoms with Gasteiger partial charge in [-0.15, -0.1) is 0 Å². The van der Waals surface area contributed by atoms with Crippen molar-refractivity contribution in [2.45, 2.75) is 6.54 Å². The van der Waals surface area contributed by atoms with Crippen molar-refractivity contribution in [2.24, 2.45) is 0 Å². The normalized spacial score (nSPS) is 13.2. The molecular weight excluding hydrogens is 284 g/mol. The first-order chi connectivity index (χ1) is 10.7. The van der Waals surface area contributed by atoms with Gasteiger partial charge in [0.2, 0.25) is 5.91 Å². The van der Waals surface area contributed by atoms with E-state index in [1.807, 2.05) is 6.07 Å². The van der Waals surface area contributed by atoms with Crippen LogP contribution >= 0.6 is 0 Å². The van der Waals surface area contributed by atoms with Crippen LogP contribution in [0.4, 0.5) is 0 Å². The molecule has 0 saturated heterocycles. The van der Waals surface area contributed by atoms with E-state index in [2.05, 4.69) is 15.3 Å². The fourth-order valence-corrected chi connectivity index (χ4v) is 2.16. The van der Waals surface area contributed by atoms with Crippen LogP contribution in [0, 0.1) is 0 Å². The van der Waals surface area contributed by atoms with Gasteiger partial charge in [0.25, 0.3) is 11.8 Å². The summed E-state index contributed by atoms with van der Waals surface area (Å²) in [6.07, 6.45) is 4.71. The minimum Gasteiger partial charge on any atom is -0.350 e. The number of carbonyl (C=O) groups excluding carboxylic acids is 3. The highest BCUT2D eigenvalue weighted by Gasteiger charge is 2.37. The van der Waals surface area contributed by atoms with Gasteiger partial charge >= 0.3 is 0 Å². The Hall–Kier alpha value is -3.09. The number of nitrogens with zero attached hydrogens (tertiary/aromatic N) is 3. The van der Waals surface area contributed by atoms with Gasteiger partial charge in [0, 0.05) is 25.1 Å². The second kappa shape index (κ2) is 5.72. The van der Waals surface area contributed by atoms with Crippen LogP contribution in [-0.4, -0.2) is 39.1 Å². The smallest absolute Gasteiger partial charge is 0.280 e. The molecule has 1 aliphatic rings. The summed E-state index contributed by atoms with van der Waals surface area (Å²) in [5.74, 6) is -1.46.